The number of anilines is 1. The van der Waals surface area contributed by atoms with Crippen molar-refractivity contribution in [3.63, 3.8) is 0 Å². The minimum absolute atomic E-state index is 0.0686. The minimum Gasteiger partial charge on any atom is -0.366 e. The van der Waals surface area contributed by atoms with Crippen LogP contribution in [0, 0.1) is 6.92 Å². The van der Waals surface area contributed by atoms with E-state index in [1.807, 2.05) is 0 Å². The second kappa shape index (κ2) is 6.21. The van der Waals surface area contributed by atoms with E-state index < -0.39 is 21.7 Å². The fourth-order valence-corrected chi connectivity index (χ4v) is 2.67. The number of benzene rings is 2. The Morgan fingerprint density at radius 1 is 1.09 bits per heavy atom. The molecule has 0 atom stereocenters. The van der Waals surface area contributed by atoms with Crippen molar-refractivity contribution < 1.29 is 18.0 Å². The highest BCUT2D eigenvalue weighted by atomic mass is 32.2. The summed E-state index contributed by atoms with van der Waals surface area (Å²) < 4.78 is 23.2. The van der Waals surface area contributed by atoms with Crippen LogP contribution in [0.3, 0.4) is 0 Å². The fourth-order valence-electron chi connectivity index (χ4n) is 2.03. The Morgan fingerprint density at radius 2 is 1.78 bits per heavy atom. The first kappa shape index (κ1) is 16.7. The first-order chi connectivity index (χ1) is 10.7. The highest BCUT2D eigenvalue weighted by Crippen LogP contribution is 2.18. The number of hydrogen-bond acceptors (Lipinski definition) is 4. The van der Waals surface area contributed by atoms with E-state index in [9.17, 15) is 18.0 Å². The molecule has 0 radical (unpaired) electrons. The van der Waals surface area contributed by atoms with E-state index in [0.717, 1.165) is 6.26 Å². The van der Waals surface area contributed by atoms with Crippen molar-refractivity contribution in [2.24, 2.45) is 5.73 Å². The molecule has 0 heterocycles. The highest BCUT2D eigenvalue weighted by molar-refractivity contribution is 7.90. The Kier molecular flexibility index (Phi) is 4.51. The zero-order valence-corrected chi connectivity index (χ0v) is 13.5. The Balaban J connectivity index is 2.34. The monoisotopic (exact) mass is 332 g/mol. The highest BCUT2D eigenvalue weighted by Gasteiger charge is 2.15. The van der Waals surface area contributed by atoms with Gasteiger partial charge in [-0.15, -0.1) is 0 Å². The summed E-state index contributed by atoms with van der Waals surface area (Å²) in [5, 5.41) is 2.63. The van der Waals surface area contributed by atoms with Crippen LogP contribution in [0.25, 0.3) is 0 Å². The topological polar surface area (TPSA) is 106 Å². The minimum atomic E-state index is -3.41. The van der Waals surface area contributed by atoms with Gasteiger partial charge in [0.05, 0.1) is 4.90 Å². The van der Waals surface area contributed by atoms with Gasteiger partial charge in [-0.1, -0.05) is 12.1 Å². The largest absolute Gasteiger partial charge is 0.366 e. The van der Waals surface area contributed by atoms with Crippen LogP contribution in [0.2, 0.25) is 0 Å². The molecule has 2 aromatic carbocycles. The van der Waals surface area contributed by atoms with Gasteiger partial charge in [0.25, 0.3) is 5.91 Å². The molecule has 2 aromatic rings. The molecule has 2 amide bonds. The maximum Gasteiger partial charge on any atom is 0.255 e. The lowest BCUT2D eigenvalue weighted by atomic mass is 10.1. The van der Waals surface area contributed by atoms with Gasteiger partial charge in [0.1, 0.15) is 0 Å². The van der Waals surface area contributed by atoms with E-state index in [1.54, 1.807) is 25.1 Å². The number of nitrogens with one attached hydrogen (secondary N) is 1. The number of primary amides is 1. The smallest absolute Gasteiger partial charge is 0.255 e. The predicted molar refractivity (Wildman–Crippen MR) is 87.2 cm³/mol. The van der Waals surface area contributed by atoms with Gasteiger partial charge in [-0.05, 0) is 42.8 Å². The normalized spacial score (nSPS) is 11.0. The Labute approximate surface area is 134 Å². The molecule has 0 aliphatic heterocycles. The lowest BCUT2D eigenvalue weighted by Crippen LogP contribution is -2.16. The molecule has 0 fully saturated rings. The first-order valence-electron chi connectivity index (χ1n) is 6.70. The number of aryl methyl sites for hydroxylation is 1. The van der Waals surface area contributed by atoms with Gasteiger partial charge in [-0.25, -0.2) is 8.42 Å². The van der Waals surface area contributed by atoms with Crippen molar-refractivity contribution in [3.8, 4) is 0 Å². The second-order valence-corrected chi connectivity index (χ2v) is 7.16. The molecule has 2 rings (SSSR count). The van der Waals surface area contributed by atoms with Crippen molar-refractivity contribution in [1.29, 1.82) is 0 Å². The Bertz CT molecular complexity index is 889. The van der Waals surface area contributed by atoms with Gasteiger partial charge in [-0.3, -0.25) is 9.59 Å². The van der Waals surface area contributed by atoms with Crippen molar-refractivity contribution in [3.05, 3.63) is 59.2 Å². The molecule has 7 heteroatoms. The Morgan fingerprint density at radius 3 is 2.39 bits per heavy atom. The van der Waals surface area contributed by atoms with Crippen LogP contribution in [-0.2, 0) is 9.84 Å². The van der Waals surface area contributed by atoms with Crippen LogP contribution in [0.5, 0.6) is 0 Å². The predicted octanol–water partition coefficient (Wildman–Crippen LogP) is 1.75. The van der Waals surface area contributed by atoms with E-state index in [0.29, 0.717) is 11.3 Å². The maximum atomic E-state index is 12.4. The molecule has 0 spiro atoms. The van der Waals surface area contributed by atoms with Crippen LogP contribution in [-0.4, -0.2) is 26.5 Å². The molecule has 0 aliphatic carbocycles. The third-order valence-electron chi connectivity index (χ3n) is 3.29. The molecule has 120 valence electrons. The molecule has 0 aromatic heterocycles. The van der Waals surface area contributed by atoms with Gasteiger partial charge < -0.3 is 11.1 Å². The van der Waals surface area contributed by atoms with Gasteiger partial charge in [-0.2, -0.15) is 0 Å². The number of nitrogens with two attached hydrogens (primary N) is 1. The fraction of sp³-hybridized carbons (Fsp3) is 0.125. The summed E-state index contributed by atoms with van der Waals surface area (Å²) in [5.74, 6) is -1.06. The average Bonchev–Trinajstić information content (AvgIpc) is 2.46. The number of carbonyl (C=O) groups excluding carboxylic acids is 2. The SMILES string of the molecule is Cc1ccc(S(C)(=O)=O)cc1C(=O)Nc1cccc(C(N)=O)c1. The van der Waals surface area contributed by atoms with Crippen LogP contribution >= 0.6 is 0 Å². The van der Waals surface area contributed by atoms with Crippen molar-refractivity contribution in [2.45, 2.75) is 11.8 Å². The third kappa shape index (κ3) is 3.95. The van der Waals surface area contributed by atoms with Crippen molar-refractivity contribution >= 4 is 27.3 Å². The zero-order chi connectivity index (χ0) is 17.2. The maximum absolute atomic E-state index is 12.4. The molecule has 0 aliphatic rings. The summed E-state index contributed by atoms with van der Waals surface area (Å²) in [7, 11) is -3.41. The summed E-state index contributed by atoms with van der Waals surface area (Å²) in [5.41, 5.74) is 6.75. The lowest BCUT2D eigenvalue weighted by Gasteiger charge is -2.10. The third-order valence-corrected chi connectivity index (χ3v) is 4.40. The molecule has 23 heavy (non-hydrogen) atoms. The first-order valence-corrected chi connectivity index (χ1v) is 8.59. The summed E-state index contributed by atoms with van der Waals surface area (Å²) in [4.78, 5) is 23.6. The van der Waals surface area contributed by atoms with E-state index in [4.69, 9.17) is 5.73 Å². The number of carbonyl (C=O) groups is 2. The zero-order valence-electron chi connectivity index (χ0n) is 12.7. The molecule has 0 unspecified atom stereocenters. The van der Waals surface area contributed by atoms with Gasteiger partial charge in [0.2, 0.25) is 5.91 Å². The van der Waals surface area contributed by atoms with E-state index >= 15 is 0 Å². The molecule has 6 nitrogen and oxygen atoms in total. The van der Waals surface area contributed by atoms with Gasteiger partial charge in [0, 0.05) is 23.1 Å². The van der Waals surface area contributed by atoms with Gasteiger partial charge in [0.15, 0.2) is 9.84 Å². The second-order valence-electron chi connectivity index (χ2n) is 5.15. The Hall–Kier alpha value is -2.67. The summed E-state index contributed by atoms with van der Waals surface area (Å²) in [6.07, 6.45) is 1.08. The van der Waals surface area contributed by atoms with E-state index in [-0.39, 0.29) is 16.0 Å². The molecule has 0 saturated carbocycles. The van der Waals surface area contributed by atoms with Crippen molar-refractivity contribution in [1.82, 2.24) is 0 Å². The standard InChI is InChI=1S/C16H16N2O4S/c1-10-6-7-13(23(2,21)22)9-14(10)16(20)18-12-5-3-4-11(8-12)15(17)19/h3-9H,1-2H3,(H2,17,19)(H,18,20). The number of hydrogen-bond donors (Lipinski definition) is 2. The number of rotatable bonds is 4. The molecule has 0 saturated heterocycles. The van der Waals surface area contributed by atoms with Gasteiger partial charge >= 0.3 is 0 Å². The van der Waals surface area contributed by atoms with E-state index in [1.165, 1.54) is 24.3 Å². The summed E-state index contributed by atoms with van der Waals surface area (Å²) in [6, 6.07) is 10.6. The van der Waals surface area contributed by atoms with E-state index in [2.05, 4.69) is 5.32 Å². The van der Waals surface area contributed by atoms with Crippen molar-refractivity contribution in [2.75, 3.05) is 11.6 Å². The van der Waals surface area contributed by atoms with Crippen LogP contribution in [0.1, 0.15) is 26.3 Å². The number of sulfone groups is 1. The lowest BCUT2D eigenvalue weighted by molar-refractivity contribution is 0.0996. The summed E-state index contributed by atoms with van der Waals surface area (Å²) in [6.45, 7) is 1.71. The van der Waals surface area contributed by atoms with Crippen LogP contribution < -0.4 is 11.1 Å². The molecule has 0 bridgehead atoms. The average molecular weight is 332 g/mol. The molecule has 3 N–H and O–H groups in total. The van der Waals surface area contributed by atoms with Crippen LogP contribution in [0.15, 0.2) is 47.4 Å². The quantitative estimate of drug-likeness (QED) is 0.889. The molecular weight excluding hydrogens is 316 g/mol. The summed E-state index contributed by atoms with van der Waals surface area (Å²) >= 11 is 0. The molecular formula is C16H16N2O4S. The number of amides is 2. The van der Waals surface area contributed by atoms with Crippen LogP contribution in [0.4, 0.5) is 5.69 Å².